The van der Waals surface area contributed by atoms with Gasteiger partial charge in [0.2, 0.25) is 0 Å². The van der Waals surface area contributed by atoms with Gasteiger partial charge < -0.3 is 4.42 Å². The molecule has 0 radical (unpaired) electrons. The van der Waals surface area contributed by atoms with Gasteiger partial charge >= 0.3 is 0 Å². The Morgan fingerprint density at radius 2 is 2.00 bits per heavy atom. The highest BCUT2D eigenvalue weighted by molar-refractivity contribution is 5.73. The van der Waals surface area contributed by atoms with Crippen LogP contribution in [-0.2, 0) is 12.8 Å². The predicted octanol–water partition coefficient (Wildman–Crippen LogP) is 4.76. The van der Waals surface area contributed by atoms with Gasteiger partial charge in [0, 0.05) is 6.42 Å². The summed E-state index contributed by atoms with van der Waals surface area (Å²) in [5.41, 5.74) is 3.49. The summed E-state index contributed by atoms with van der Waals surface area (Å²) in [7, 11) is 0. The van der Waals surface area contributed by atoms with Crippen molar-refractivity contribution in [1.29, 1.82) is 0 Å². The lowest BCUT2D eigenvalue weighted by Crippen LogP contribution is -2.09. The smallest absolute Gasteiger partial charge is 0.195 e. The fourth-order valence-corrected chi connectivity index (χ4v) is 2.09. The zero-order valence-electron chi connectivity index (χ0n) is 11.9. The van der Waals surface area contributed by atoms with Gasteiger partial charge in [-0.2, -0.15) is 0 Å². The molecule has 2 nitrogen and oxygen atoms in total. The lowest BCUT2D eigenvalue weighted by Gasteiger charge is -2.14. The molecule has 2 rings (SSSR count). The molecule has 1 aromatic carbocycles. The minimum Gasteiger partial charge on any atom is -0.441 e. The number of rotatable bonds is 4. The molecule has 18 heavy (non-hydrogen) atoms. The topological polar surface area (TPSA) is 26.0 Å². The zero-order chi connectivity index (χ0) is 13.2. The van der Waals surface area contributed by atoms with E-state index in [1.54, 1.807) is 0 Å². The lowest BCUT2D eigenvalue weighted by atomic mass is 9.92. The maximum atomic E-state index is 5.79. The van der Waals surface area contributed by atoms with Crippen LogP contribution in [0.25, 0.3) is 11.1 Å². The van der Waals surface area contributed by atoms with Gasteiger partial charge in [-0.3, -0.25) is 0 Å². The number of nitrogens with zero attached hydrogens (tertiary/aromatic N) is 1. The molecular weight excluding hydrogens is 222 g/mol. The van der Waals surface area contributed by atoms with Crippen LogP contribution in [0.2, 0.25) is 0 Å². The predicted molar refractivity (Wildman–Crippen MR) is 75.8 cm³/mol. The highest BCUT2D eigenvalue weighted by atomic mass is 16.3. The van der Waals surface area contributed by atoms with Gasteiger partial charge in [-0.15, -0.1) is 0 Å². The van der Waals surface area contributed by atoms with E-state index in [0.717, 1.165) is 29.8 Å². The summed E-state index contributed by atoms with van der Waals surface area (Å²) in [6, 6.07) is 6.38. The second kappa shape index (κ2) is 5.13. The summed E-state index contributed by atoms with van der Waals surface area (Å²) in [5, 5.41) is 0. The van der Waals surface area contributed by atoms with Crippen LogP contribution in [0.5, 0.6) is 0 Å². The fraction of sp³-hybridized carbons (Fsp3) is 0.562. The Morgan fingerprint density at radius 3 is 2.67 bits per heavy atom. The first-order valence-corrected chi connectivity index (χ1v) is 6.86. The molecule has 0 fully saturated rings. The molecule has 0 unspecified atom stereocenters. The van der Waals surface area contributed by atoms with E-state index in [9.17, 15) is 0 Å². The fourth-order valence-electron chi connectivity index (χ4n) is 2.09. The van der Waals surface area contributed by atoms with E-state index < -0.39 is 0 Å². The van der Waals surface area contributed by atoms with Crippen molar-refractivity contribution in [3.05, 3.63) is 29.7 Å². The molecule has 98 valence electrons. The van der Waals surface area contributed by atoms with Gasteiger partial charge in [0.15, 0.2) is 11.5 Å². The van der Waals surface area contributed by atoms with Gasteiger partial charge in [-0.1, -0.05) is 40.2 Å². The largest absolute Gasteiger partial charge is 0.441 e. The number of oxazole rings is 1. The lowest BCUT2D eigenvalue weighted by molar-refractivity contribution is 0.362. The van der Waals surface area contributed by atoms with Crippen molar-refractivity contribution in [2.24, 2.45) is 5.41 Å². The molecule has 0 amide bonds. The Hall–Kier alpha value is -1.31. The number of unbranched alkanes of at least 4 members (excludes halogenated alkanes) is 1. The molecule has 0 saturated carbocycles. The summed E-state index contributed by atoms with van der Waals surface area (Å²) in [4.78, 5) is 4.60. The van der Waals surface area contributed by atoms with Crippen molar-refractivity contribution in [2.75, 3.05) is 0 Å². The third kappa shape index (κ3) is 3.34. The third-order valence-electron chi connectivity index (χ3n) is 3.00. The number of aromatic nitrogens is 1. The molecule has 0 N–H and O–H groups in total. The van der Waals surface area contributed by atoms with E-state index in [0.29, 0.717) is 0 Å². The van der Waals surface area contributed by atoms with Crippen molar-refractivity contribution in [2.45, 2.75) is 53.4 Å². The van der Waals surface area contributed by atoms with Crippen LogP contribution in [0.15, 0.2) is 22.6 Å². The summed E-state index contributed by atoms with van der Waals surface area (Å²) >= 11 is 0. The monoisotopic (exact) mass is 245 g/mol. The third-order valence-corrected chi connectivity index (χ3v) is 3.00. The standard InChI is InChI=1S/C16H23NO/c1-5-6-7-12-8-9-14-13(10-12)17-15(18-14)11-16(2,3)4/h8-10H,5-7,11H2,1-4H3. The Balaban J connectivity index is 2.22. The molecule has 2 aromatic rings. The van der Waals surface area contributed by atoms with Crippen LogP contribution in [0, 0.1) is 5.41 Å². The Bertz CT molecular complexity index is 519. The SMILES string of the molecule is CCCCc1ccc2oc(CC(C)(C)C)nc2c1. The maximum Gasteiger partial charge on any atom is 0.195 e. The van der Waals surface area contributed by atoms with Gasteiger partial charge in [-0.05, 0) is 36.0 Å². The van der Waals surface area contributed by atoms with Crippen molar-refractivity contribution in [3.63, 3.8) is 0 Å². The number of hydrogen-bond donors (Lipinski definition) is 0. The van der Waals surface area contributed by atoms with Crippen molar-refractivity contribution >= 4 is 11.1 Å². The first-order chi connectivity index (χ1) is 8.48. The second-order valence-electron chi connectivity index (χ2n) is 6.25. The van der Waals surface area contributed by atoms with Gasteiger partial charge in [0.05, 0.1) is 0 Å². The van der Waals surface area contributed by atoms with Crippen molar-refractivity contribution < 1.29 is 4.42 Å². The summed E-state index contributed by atoms with van der Waals surface area (Å²) in [6.45, 7) is 8.83. The summed E-state index contributed by atoms with van der Waals surface area (Å²) in [6.07, 6.45) is 4.48. The Kier molecular flexibility index (Phi) is 3.74. The van der Waals surface area contributed by atoms with Crippen molar-refractivity contribution in [1.82, 2.24) is 4.98 Å². The molecule has 0 aliphatic carbocycles. The molecule has 0 bridgehead atoms. The normalized spacial score (nSPS) is 12.2. The van der Waals surface area contributed by atoms with Gasteiger partial charge in [0.25, 0.3) is 0 Å². The minimum atomic E-state index is 0.214. The number of aryl methyl sites for hydroxylation is 1. The molecule has 1 aromatic heterocycles. The highest BCUT2D eigenvalue weighted by Crippen LogP contribution is 2.24. The van der Waals surface area contributed by atoms with E-state index in [1.165, 1.54) is 18.4 Å². The molecule has 0 atom stereocenters. The van der Waals surface area contributed by atoms with Crippen LogP contribution in [0.4, 0.5) is 0 Å². The first-order valence-electron chi connectivity index (χ1n) is 6.86. The van der Waals surface area contributed by atoms with E-state index in [4.69, 9.17) is 4.42 Å². The van der Waals surface area contributed by atoms with Gasteiger partial charge in [-0.25, -0.2) is 4.98 Å². The zero-order valence-corrected chi connectivity index (χ0v) is 11.9. The molecule has 2 heteroatoms. The number of hydrogen-bond acceptors (Lipinski definition) is 2. The molecule has 0 aliphatic heterocycles. The maximum absolute atomic E-state index is 5.79. The summed E-state index contributed by atoms with van der Waals surface area (Å²) in [5.74, 6) is 0.852. The molecule has 1 heterocycles. The van der Waals surface area contributed by atoms with E-state index in [1.807, 2.05) is 0 Å². The Morgan fingerprint density at radius 1 is 1.22 bits per heavy atom. The van der Waals surface area contributed by atoms with Crippen LogP contribution in [0.3, 0.4) is 0 Å². The van der Waals surface area contributed by atoms with Gasteiger partial charge in [0.1, 0.15) is 5.52 Å². The van der Waals surface area contributed by atoms with E-state index in [-0.39, 0.29) is 5.41 Å². The average Bonchev–Trinajstić information content (AvgIpc) is 2.64. The highest BCUT2D eigenvalue weighted by Gasteiger charge is 2.16. The minimum absolute atomic E-state index is 0.214. The molecular formula is C16H23NO. The molecule has 0 saturated heterocycles. The van der Waals surface area contributed by atoms with Crippen LogP contribution in [0.1, 0.15) is 52.0 Å². The second-order valence-corrected chi connectivity index (χ2v) is 6.25. The Labute approximate surface area is 109 Å². The number of fused-ring (bicyclic) bond motifs is 1. The molecule has 0 aliphatic rings. The summed E-state index contributed by atoms with van der Waals surface area (Å²) < 4.78 is 5.79. The van der Waals surface area contributed by atoms with Crippen LogP contribution in [-0.4, -0.2) is 4.98 Å². The average molecular weight is 245 g/mol. The molecule has 0 spiro atoms. The van der Waals surface area contributed by atoms with Crippen molar-refractivity contribution in [3.8, 4) is 0 Å². The van der Waals surface area contributed by atoms with E-state index in [2.05, 4.69) is 50.9 Å². The van der Waals surface area contributed by atoms with E-state index >= 15 is 0 Å². The van der Waals surface area contributed by atoms with Crippen LogP contribution >= 0.6 is 0 Å². The first kappa shape index (κ1) is 13.1. The quantitative estimate of drug-likeness (QED) is 0.776. The number of benzene rings is 1. The van der Waals surface area contributed by atoms with Crippen LogP contribution < -0.4 is 0 Å².